The Balaban J connectivity index is 1.91. The van der Waals surface area contributed by atoms with Crippen molar-refractivity contribution in [2.24, 2.45) is 0 Å². The molecule has 0 aliphatic rings. The molecule has 10 heteroatoms. The van der Waals surface area contributed by atoms with Gasteiger partial charge in [-0.1, -0.05) is 65.1 Å². The Labute approximate surface area is 194 Å². The van der Waals surface area contributed by atoms with E-state index in [1.807, 2.05) is 0 Å². The van der Waals surface area contributed by atoms with Gasteiger partial charge in [0.15, 0.2) is 0 Å². The van der Waals surface area contributed by atoms with Crippen molar-refractivity contribution in [1.29, 1.82) is 0 Å². The molecule has 0 aliphatic heterocycles. The molecule has 5 nitrogen and oxygen atoms in total. The number of hydrogen-bond donors (Lipinski definition) is 1. The number of hydrogen-bond acceptors (Lipinski definition) is 3. The predicted octanol–water partition coefficient (Wildman–Crippen LogP) is 5.62. The molecule has 0 bridgehead atoms. The maximum atomic E-state index is 13.3. The van der Waals surface area contributed by atoms with E-state index in [-0.39, 0.29) is 32.2 Å². The highest BCUT2D eigenvalue weighted by Crippen LogP contribution is 2.29. The normalized spacial score (nSPS) is 11.5. The number of carbonyl (C=O) groups excluding carboxylic acids is 1. The Hall–Kier alpha value is -2.16. The fraction of sp³-hybridized carbons (Fsp3) is 0.0952. The van der Waals surface area contributed by atoms with Crippen LogP contribution in [0.5, 0.6) is 0 Å². The summed E-state index contributed by atoms with van der Waals surface area (Å²) in [5.41, 5.74) is 0.899. The van der Waals surface area contributed by atoms with Gasteiger partial charge in [-0.2, -0.15) is 4.31 Å². The average molecular weight is 502 g/mol. The highest BCUT2D eigenvalue weighted by atomic mass is 35.5. The van der Waals surface area contributed by atoms with E-state index in [0.29, 0.717) is 5.56 Å². The smallest absolute Gasteiger partial charge is 0.245 e. The summed E-state index contributed by atoms with van der Waals surface area (Å²) in [6.07, 6.45) is 0. The maximum Gasteiger partial charge on any atom is 0.245 e. The minimum atomic E-state index is -4.18. The molecule has 162 valence electrons. The third kappa shape index (κ3) is 5.96. The predicted molar refractivity (Wildman–Crippen MR) is 121 cm³/mol. The molecule has 31 heavy (non-hydrogen) atoms. The summed E-state index contributed by atoms with van der Waals surface area (Å²) in [6.45, 7) is -0.599. The van der Waals surface area contributed by atoms with Crippen LogP contribution in [0.25, 0.3) is 0 Å². The second-order valence-electron chi connectivity index (χ2n) is 6.51. The fourth-order valence-electron chi connectivity index (χ4n) is 2.76. The lowest BCUT2D eigenvalue weighted by Crippen LogP contribution is -2.37. The summed E-state index contributed by atoms with van der Waals surface area (Å²) < 4.78 is 41.0. The van der Waals surface area contributed by atoms with Crippen LogP contribution in [0.3, 0.4) is 0 Å². The average Bonchev–Trinajstić information content (AvgIpc) is 2.72. The highest BCUT2D eigenvalue weighted by Gasteiger charge is 2.29. The zero-order valence-corrected chi connectivity index (χ0v) is 18.9. The van der Waals surface area contributed by atoms with Gasteiger partial charge in [-0.15, -0.1) is 0 Å². The lowest BCUT2D eigenvalue weighted by atomic mass is 10.2. The molecular weight excluding hydrogens is 486 g/mol. The van der Waals surface area contributed by atoms with Gasteiger partial charge in [0.25, 0.3) is 0 Å². The van der Waals surface area contributed by atoms with Crippen LogP contribution in [-0.2, 0) is 21.4 Å². The van der Waals surface area contributed by atoms with Crippen LogP contribution in [0.4, 0.5) is 10.1 Å². The molecule has 0 radical (unpaired) electrons. The molecule has 0 spiro atoms. The summed E-state index contributed by atoms with van der Waals surface area (Å²) in [7, 11) is -4.18. The Kier molecular flexibility index (Phi) is 7.56. The molecule has 3 rings (SSSR count). The van der Waals surface area contributed by atoms with Crippen molar-refractivity contribution in [3.05, 3.63) is 93.2 Å². The van der Waals surface area contributed by atoms with E-state index in [0.717, 1.165) is 10.4 Å². The molecule has 0 fully saturated rings. The number of amides is 1. The van der Waals surface area contributed by atoms with Crippen molar-refractivity contribution >= 4 is 56.4 Å². The second-order valence-corrected chi connectivity index (χ2v) is 9.67. The fourth-order valence-corrected chi connectivity index (χ4v) is 5.06. The first-order valence-corrected chi connectivity index (χ1v) is 11.5. The second kappa shape index (κ2) is 9.97. The minimum absolute atomic E-state index is 0.0202. The number of benzene rings is 3. The molecule has 1 amide bonds. The largest absolute Gasteiger partial charge is 0.325 e. The summed E-state index contributed by atoms with van der Waals surface area (Å²) in [5.74, 6) is -1.27. The summed E-state index contributed by atoms with van der Waals surface area (Å²) >= 11 is 17.8. The first-order valence-electron chi connectivity index (χ1n) is 8.91. The Bertz CT molecular complexity index is 1210. The Morgan fingerprint density at radius 1 is 0.935 bits per heavy atom. The van der Waals surface area contributed by atoms with Crippen molar-refractivity contribution in [2.45, 2.75) is 11.4 Å². The van der Waals surface area contributed by atoms with Crippen LogP contribution >= 0.6 is 34.8 Å². The van der Waals surface area contributed by atoms with Crippen LogP contribution in [0.2, 0.25) is 15.1 Å². The van der Waals surface area contributed by atoms with Gasteiger partial charge < -0.3 is 5.32 Å². The topological polar surface area (TPSA) is 66.5 Å². The van der Waals surface area contributed by atoms with Crippen LogP contribution in [0, 0.1) is 5.82 Å². The molecule has 0 atom stereocenters. The van der Waals surface area contributed by atoms with E-state index in [1.54, 1.807) is 30.3 Å². The summed E-state index contributed by atoms with van der Waals surface area (Å²) in [6, 6.07) is 16.5. The molecule has 0 saturated heterocycles. The Morgan fingerprint density at radius 2 is 1.65 bits per heavy atom. The molecule has 0 aromatic heterocycles. The van der Waals surface area contributed by atoms with E-state index in [4.69, 9.17) is 34.8 Å². The monoisotopic (exact) mass is 500 g/mol. The third-order valence-electron chi connectivity index (χ3n) is 4.24. The third-order valence-corrected chi connectivity index (χ3v) is 7.03. The van der Waals surface area contributed by atoms with Gasteiger partial charge >= 0.3 is 0 Å². The molecule has 3 aromatic carbocycles. The molecule has 0 heterocycles. The highest BCUT2D eigenvalue weighted by molar-refractivity contribution is 7.89. The van der Waals surface area contributed by atoms with Crippen LogP contribution in [-0.4, -0.2) is 25.2 Å². The van der Waals surface area contributed by atoms with E-state index in [9.17, 15) is 17.6 Å². The number of sulfonamides is 1. The first-order chi connectivity index (χ1) is 14.7. The number of halogens is 4. The van der Waals surface area contributed by atoms with E-state index in [2.05, 4.69) is 5.32 Å². The lowest BCUT2D eigenvalue weighted by molar-refractivity contribution is -0.116. The zero-order valence-electron chi connectivity index (χ0n) is 15.9. The van der Waals surface area contributed by atoms with Gasteiger partial charge in [0.1, 0.15) is 10.7 Å². The summed E-state index contributed by atoms with van der Waals surface area (Å²) in [4.78, 5) is 12.4. The lowest BCUT2D eigenvalue weighted by Gasteiger charge is -2.22. The van der Waals surface area contributed by atoms with Gasteiger partial charge in [0.05, 0.1) is 16.6 Å². The van der Waals surface area contributed by atoms with Gasteiger partial charge in [-0.05, 0) is 42.0 Å². The van der Waals surface area contributed by atoms with Gasteiger partial charge in [-0.3, -0.25) is 4.79 Å². The van der Waals surface area contributed by atoms with Crippen molar-refractivity contribution in [2.75, 3.05) is 11.9 Å². The first kappa shape index (κ1) is 23.5. The number of nitrogens with one attached hydrogen (secondary N) is 1. The number of rotatable bonds is 7. The van der Waals surface area contributed by atoms with Gasteiger partial charge in [-0.25, -0.2) is 12.8 Å². The maximum absolute atomic E-state index is 13.3. The number of anilines is 1. The zero-order chi connectivity index (χ0) is 22.6. The van der Waals surface area contributed by atoms with Crippen LogP contribution < -0.4 is 5.32 Å². The molecule has 1 N–H and O–H groups in total. The van der Waals surface area contributed by atoms with Crippen molar-refractivity contribution < 1.29 is 17.6 Å². The molecule has 0 unspecified atom stereocenters. The molecule has 0 saturated carbocycles. The quantitative estimate of drug-likeness (QED) is 0.457. The SMILES string of the molecule is O=C(CN(Cc1ccccc1)S(=O)(=O)c1cc(Cl)ccc1Cl)Nc1ccc(F)c(Cl)c1. The molecule has 0 aliphatic carbocycles. The van der Waals surface area contributed by atoms with E-state index < -0.39 is 28.3 Å². The van der Waals surface area contributed by atoms with E-state index >= 15 is 0 Å². The van der Waals surface area contributed by atoms with Crippen molar-refractivity contribution in [3.63, 3.8) is 0 Å². The Morgan fingerprint density at radius 3 is 2.32 bits per heavy atom. The number of carbonyl (C=O) groups is 1. The number of nitrogens with zero attached hydrogens (tertiary/aromatic N) is 1. The van der Waals surface area contributed by atoms with E-state index in [1.165, 1.54) is 30.3 Å². The molecular formula is C21H16Cl3FN2O3S. The molecule has 3 aromatic rings. The standard InChI is InChI=1S/C21H16Cl3FN2O3S/c22-15-6-8-17(23)20(10-15)31(29,30)27(12-14-4-2-1-3-5-14)13-21(28)26-16-7-9-19(25)18(24)11-16/h1-11H,12-13H2,(H,26,28). The van der Waals surface area contributed by atoms with Crippen molar-refractivity contribution in [3.8, 4) is 0 Å². The van der Waals surface area contributed by atoms with Crippen LogP contribution in [0.1, 0.15) is 5.56 Å². The van der Waals surface area contributed by atoms with Crippen molar-refractivity contribution in [1.82, 2.24) is 4.31 Å². The minimum Gasteiger partial charge on any atom is -0.325 e. The van der Waals surface area contributed by atoms with Gasteiger partial charge in [0, 0.05) is 17.3 Å². The van der Waals surface area contributed by atoms with Crippen LogP contribution in [0.15, 0.2) is 71.6 Å². The van der Waals surface area contributed by atoms with Gasteiger partial charge in [0.2, 0.25) is 15.9 Å². The summed E-state index contributed by atoms with van der Waals surface area (Å²) in [5, 5.41) is 2.52.